The Bertz CT molecular complexity index is 595. The Morgan fingerprint density at radius 3 is 2.67 bits per heavy atom. The summed E-state index contributed by atoms with van der Waals surface area (Å²) in [4.78, 5) is 11.7. The molecular formula is C15H22N2O3S. The molecule has 116 valence electrons. The van der Waals surface area contributed by atoms with Crippen molar-refractivity contribution in [1.29, 1.82) is 0 Å². The zero-order chi connectivity index (χ0) is 15.3. The number of rotatable bonds is 8. The van der Waals surface area contributed by atoms with Crippen molar-refractivity contribution in [3.05, 3.63) is 35.4 Å². The minimum absolute atomic E-state index is 0.0255. The second-order valence-electron chi connectivity index (χ2n) is 5.74. The monoisotopic (exact) mass is 310 g/mol. The lowest BCUT2D eigenvalue weighted by molar-refractivity contribution is -0.120. The summed E-state index contributed by atoms with van der Waals surface area (Å²) < 4.78 is 22.6. The maximum atomic E-state index is 11.7. The molecule has 6 heteroatoms. The predicted molar refractivity (Wildman–Crippen MR) is 82.4 cm³/mol. The minimum Gasteiger partial charge on any atom is -0.351 e. The largest absolute Gasteiger partial charge is 0.351 e. The van der Waals surface area contributed by atoms with Gasteiger partial charge < -0.3 is 10.6 Å². The van der Waals surface area contributed by atoms with Gasteiger partial charge in [-0.15, -0.1) is 0 Å². The summed E-state index contributed by atoms with van der Waals surface area (Å²) in [6, 6.07) is 7.29. The standard InChI is InChI=1S/C15H22N2O3S/c1-21(19,20)11-14-4-2-3-13(7-14)9-17-15(18)10-16-8-12-5-6-12/h2-4,7,12,16H,5-6,8-11H2,1H3,(H,17,18). The molecule has 0 saturated heterocycles. The molecule has 2 N–H and O–H groups in total. The molecule has 0 bridgehead atoms. The molecule has 0 aromatic heterocycles. The Morgan fingerprint density at radius 2 is 2.00 bits per heavy atom. The highest BCUT2D eigenvalue weighted by molar-refractivity contribution is 7.89. The van der Waals surface area contributed by atoms with Crippen LogP contribution in [0.1, 0.15) is 24.0 Å². The number of carbonyl (C=O) groups excluding carboxylic acids is 1. The molecule has 0 aliphatic heterocycles. The molecule has 1 aliphatic rings. The fourth-order valence-electron chi connectivity index (χ4n) is 2.11. The van der Waals surface area contributed by atoms with E-state index in [4.69, 9.17) is 0 Å². The van der Waals surface area contributed by atoms with E-state index < -0.39 is 9.84 Å². The summed E-state index contributed by atoms with van der Waals surface area (Å²) in [5.41, 5.74) is 1.66. The molecular weight excluding hydrogens is 288 g/mol. The highest BCUT2D eigenvalue weighted by Crippen LogP contribution is 2.27. The third-order valence-corrected chi connectivity index (χ3v) is 4.18. The molecule has 0 heterocycles. The SMILES string of the molecule is CS(=O)(=O)Cc1cccc(CNC(=O)CNCC2CC2)c1. The first-order valence-corrected chi connectivity index (χ1v) is 9.21. The van der Waals surface area contributed by atoms with E-state index in [0.29, 0.717) is 13.1 Å². The smallest absolute Gasteiger partial charge is 0.234 e. The lowest BCUT2D eigenvalue weighted by atomic mass is 10.1. The number of sulfone groups is 1. The summed E-state index contributed by atoms with van der Waals surface area (Å²) in [6.07, 6.45) is 3.75. The van der Waals surface area contributed by atoms with Crippen molar-refractivity contribution in [2.45, 2.75) is 25.1 Å². The molecule has 5 nitrogen and oxygen atoms in total. The zero-order valence-electron chi connectivity index (χ0n) is 12.3. The van der Waals surface area contributed by atoms with Gasteiger partial charge in [-0.1, -0.05) is 24.3 Å². The third-order valence-electron chi connectivity index (χ3n) is 3.33. The average molecular weight is 310 g/mol. The lowest BCUT2D eigenvalue weighted by Gasteiger charge is -2.08. The molecule has 2 rings (SSSR count). The van der Waals surface area contributed by atoms with Gasteiger partial charge in [0.1, 0.15) is 0 Å². The molecule has 0 radical (unpaired) electrons. The van der Waals surface area contributed by atoms with Gasteiger partial charge in [0.2, 0.25) is 5.91 Å². The molecule has 0 unspecified atom stereocenters. The predicted octanol–water partition coefficient (Wildman–Crippen LogP) is 0.847. The van der Waals surface area contributed by atoms with Gasteiger partial charge in [-0.25, -0.2) is 8.42 Å². The molecule has 21 heavy (non-hydrogen) atoms. The Morgan fingerprint density at radius 1 is 1.29 bits per heavy atom. The van der Waals surface area contributed by atoms with Crippen LogP contribution in [0.2, 0.25) is 0 Å². The van der Waals surface area contributed by atoms with Crippen LogP contribution in [0, 0.1) is 5.92 Å². The van der Waals surface area contributed by atoms with Gasteiger partial charge >= 0.3 is 0 Å². The number of benzene rings is 1. The van der Waals surface area contributed by atoms with E-state index in [0.717, 1.165) is 23.6 Å². The zero-order valence-corrected chi connectivity index (χ0v) is 13.1. The van der Waals surface area contributed by atoms with Crippen LogP contribution in [0.5, 0.6) is 0 Å². The average Bonchev–Trinajstić information content (AvgIpc) is 3.19. The van der Waals surface area contributed by atoms with Crippen LogP contribution in [0.15, 0.2) is 24.3 Å². The van der Waals surface area contributed by atoms with Crippen molar-refractivity contribution in [3.8, 4) is 0 Å². The fourth-order valence-corrected chi connectivity index (χ4v) is 2.89. The Balaban J connectivity index is 1.76. The normalized spacial score (nSPS) is 14.9. The fraction of sp³-hybridized carbons (Fsp3) is 0.533. The van der Waals surface area contributed by atoms with Crippen molar-refractivity contribution < 1.29 is 13.2 Å². The minimum atomic E-state index is -3.04. The van der Waals surface area contributed by atoms with E-state index in [1.807, 2.05) is 18.2 Å². The van der Waals surface area contributed by atoms with Crippen LogP contribution >= 0.6 is 0 Å². The van der Waals surface area contributed by atoms with Crippen molar-refractivity contribution in [2.75, 3.05) is 19.3 Å². The van der Waals surface area contributed by atoms with E-state index in [9.17, 15) is 13.2 Å². The van der Waals surface area contributed by atoms with Crippen molar-refractivity contribution >= 4 is 15.7 Å². The topological polar surface area (TPSA) is 75.3 Å². The molecule has 0 atom stereocenters. The number of carbonyl (C=O) groups is 1. The van der Waals surface area contributed by atoms with E-state index in [1.54, 1.807) is 6.07 Å². The van der Waals surface area contributed by atoms with Crippen LogP contribution in [0.4, 0.5) is 0 Å². The first kappa shape index (κ1) is 16.0. The summed E-state index contributed by atoms with van der Waals surface area (Å²) in [5, 5.41) is 5.97. The molecule has 0 spiro atoms. The lowest BCUT2D eigenvalue weighted by Crippen LogP contribution is -2.34. The van der Waals surface area contributed by atoms with Gasteiger partial charge in [0.25, 0.3) is 0 Å². The van der Waals surface area contributed by atoms with Gasteiger partial charge in [-0.05, 0) is 36.4 Å². The number of amides is 1. The summed E-state index contributed by atoms with van der Waals surface area (Å²) in [7, 11) is -3.04. The summed E-state index contributed by atoms with van der Waals surface area (Å²) in [6.45, 7) is 1.67. The highest BCUT2D eigenvalue weighted by atomic mass is 32.2. The van der Waals surface area contributed by atoms with E-state index >= 15 is 0 Å². The molecule has 1 aromatic rings. The van der Waals surface area contributed by atoms with Crippen LogP contribution in [0.3, 0.4) is 0 Å². The number of nitrogens with one attached hydrogen (secondary N) is 2. The second-order valence-corrected chi connectivity index (χ2v) is 7.88. The molecule has 1 aromatic carbocycles. The van der Waals surface area contributed by atoms with Crippen molar-refractivity contribution in [3.63, 3.8) is 0 Å². The van der Waals surface area contributed by atoms with Gasteiger partial charge in [-0.3, -0.25) is 4.79 Å². The van der Waals surface area contributed by atoms with E-state index in [1.165, 1.54) is 19.1 Å². The molecule has 1 saturated carbocycles. The Hall–Kier alpha value is -1.40. The number of hydrogen-bond donors (Lipinski definition) is 2. The second kappa shape index (κ2) is 7.04. The van der Waals surface area contributed by atoms with Crippen molar-refractivity contribution in [2.24, 2.45) is 5.92 Å². The maximum Gasteiger partial charge on any atom is 0.234 e. The van der Waals surface area contributed by atoms with Crippen LogP contribution < -0.4 is 10.6 Å². The van der Waals surface area contributed by atoms with Gasteiger partial charge in [0, 0.05) is 12.8 Å². The van der Waals surface area contributed by atoms with Crippen LogP contribution in [-0.2, 0) is 26.9 Å². The molecule has 1 aliphatic carbocycles. The van der Waals surface area contributed by atoms with Gasteiger partial charge in [-0.2, -0.15) is 0 Å². The number of hydrogen-bond acceptors (Lipinski definition) is 4. The van der Waals surface area contributed by atoms with Gasteiger partial charge in [0.05, 0.1) is 12.3 Å². The van der Waals surface area contributed by atoms with Gasteiger partial charge in [0.15, 0.2) is 9.84 Å². The Labute approximate surface area is 126 Å². The van der Waals surface area contributed by atoms with Crippen LogP contribution in [-0.4, -0.2) is 33.7 Å². The van der Waals surface area contributed by atoms with E-state index in [2.05, 4.69) is 10.6 Å². The quantitative estimate of drug-likeness (QED) is 0.746. The van der Waals surface area contributed by atoms with Crippen molar-refractivity contribution in [1.82, 2.24) is 10.6 Å². The molecule has 1 fully saturated rings. The third kappa shape index (κ3) is 6.73. The molecule has 1 amide bonds. The summed E-state index contributed by atoms with van der Waals surface area (Å²) in [5.74, 6) is 0.743. The first-order valence-electron chi connectivity index (χ1n) is 7.15. The Kier molecular flexibility index (Phi) is 5.36. The maximum absolute atomic E-state index is 11.7. The summed E-state index contributed by atoms with van der Waals surface area (Å²) >= 11 is 0. The first-order chi connectivity index (χ1) is 9.92. The van der Waals surface area contributed by atoms with Crippen LogP contribution in [0.25, 0.3) is 0 Å². The highest BCUT2D eigenvalue weighted by Gasteiger charge is 2.20. The van der Waals surface area contributed by atoms with E-state index in [-0.39, 0.29) is 11.7 Å².